The number of carbonyl (C=O) groups is 1. The summed E-state index contributed by atoms with van der Waals surface area (Å²) in [4.78, 5) is 21.6. The van der Waals surface area contributed by atoms with E-state index in [0.29, 0.717) is 12.5 Å². The highest BCUT2D eigenvalue weighted by Gasteiger charge is 2.29. The van der Waals surface area contributed by atoms with Gasteiger partial charge in [0, 0.05) is 45.2 Å². The number of rotatable bonds is 1. The summed E-state index contributed by atoms with van der Waals surface area (Å²) >= 11 is 0. The van der Waals surface area contributed by atoms with Gasteiger partial charge in [0.15, 0.2) is 5.75 Å². The maximum absolute atomic E-state index is 11.7. The highest BCUT2D eigenvalue weighted by atomic mass is 16.5. The number of hydrogen-bond acceptors (Lipinski definition) is 5. The number of para-hydroxylation sites is 3. The highest BCUT2D eigenvalue weighted by Crippen LogP contribution is 2.38. The molecule has 1 unspecified atom stereocenters. The van der Waals surface area contributed by atoms with Crippen molar-refractivity contribution >= 4 is 17.4 Å². The lowest BCUT2D eigenvalue weighted by molar-refractivity contribution is -0.120. The van der Waals surface area contributed by atoms with Gasteiger partial charge in [-0.1, -0.05) is 24.3 Å². The average molecular weight is 390 g/mol. The summed E-state index contributed by atoms with van der Waals surface area (Å²) in [6.07, 6.45) is 2.63. The molecule has 3 aliphatic heterocycles. The third kappa shape index (κ3) is 3.72. The lowest BCUT2D eigenvalue weighted by Gasteiger charge is -2.40. The quantitative estimate of drug-likeness (QED) is 0.813. The number of amides is 1. The fraction of sp³-hybridized carbons (Fsp3) is 0.391. The summed E-state index contributed by atoms with van der Waals surface area (Å²) in [6.45, 7) is 4.61. The van der Waals surface area contributed by atoms with E-state index in [1.807, 2.05) is 42.5 Å². The maximum atomic E-state index is 11.7. The van der Waals surface area contributed by atoms with Crippen molar-refractivity contribution in [3.63, 3.8) is 0 Å². The van der Waals surface area contributed by atoms with Gasteiger partial charge >= 0.3 is 0 Å². The molecule has 5 rings (SSSR count). The van der Waals surface area contributed by atoms with Crippen LogP contribution in [0.1, 0.15) is 24.8 Å². The summed E-state index contributed by atoms with van der Waals surface area (Å²) in [7, 11) is 0. The summed E-state index contributed by atoms with van der Waals surface area (Å²) in [5.74, 6) is 2.83. The van der Waals surface area contributed by atoms with E-state index in [2.05, 4.69) is 21.2 Å². The second-order valence-corrected chi connectivity index (χ2v) is 7.86. The van der Waals surface area contributed by atoms with E-state index < -0.39 is 0 Å². The van der Waals surface area contributed by atoms with Crippen LogP contribution >= 0.6 is 0 Å². The van der Waals surface area contributed by atoms with Crippen LogP contribution in [0.2, 0.25) is 0 Å². The number of fused-ring (bicyclic) bond motifs is 2. The van der Waals surface area contributed by atoms with E-state index in [1.165, 1.54) is 0 Å². The van der Waals surface area contributed by atoms with Gasteiger partial charge < -0.3 is 15.0 Å². The van der Waals surface area contributed by atoms with E-state index in [4.69, 9.17) is 9.73 Å². The van der Waals surface area contributed by atoms with Crippen LogP contribution in [0.5, 0.6) is 11.5 Å². The van der Waals surface area contributed by atoms with Crippen molar-refractivity contribution in [1.29, 1.82) is 0 Å². The minimum Gasteiger partial charge on any atom is -0.454 e. The first-order chi connectivity index (χ1) is 14.3. The highest BCUT2D eigenvalue weighted by molar-refractivity contribution is 6.03. The summed E-state index contributed by atoms with van der Waals surface area (Å²) < 4.78 is 6.17. The van der Waals surface area contributed by atoms with Crippen LogP contribution in [0.4, 0.5) is 5.69 Å². The molecule has 0 aromatic heterocycles. The van der Waals surface area contributed by atoms with Crippen molar-refractivity contribution in [2.24, 2.45) is 4.99 Å². The van der Waals surface area contributed by atoms with E-state index in [9.17, 15) is 4.79 Å². The molecule has 1 atom stereocenters. The molecule has 2 saturated heterocycles. The summed E-state index contributed by atoms with van der Waals surface area (Å²) in [5.41, 5.74) is 1.91. The molecule has 6 heteroatoms. The second kappa shape index (κ2) is 7.87. The lowest BCUT2D eigenvalue weighted by Crippen LogP contribution is -2.52. The number of ether oxygens (including phenoxy) is 1. The number of aliphatic imine (C=N–C) groups is 1. The normalized spacial score (nSPS) is 22.3. The molecular formula is C23H26N4O2. The molecule has 1 N–H and O–H groups in total. The Hall–Kier alpha value is -2.86. The predicted molar refractivity (Wildman–Crippen MR) is 113 cm³/mol. The summed E-state index contributed by atoms with van der Waals surface area (Å²) in [5, 5.41) is 2.99. The molecule has 6 nitrogen and oxygen atoms in total. The van der Waals surface area contributed by atoms with Crippen LogP contribution in [0.25, 0.3) is 0 Å². The average Bonchev–Trinajstić information content (AvgIpc) is 3.08. The van der Waals surface area contributed by atoms with Gasteiger partial charge in [0.2, 0.25) is 5.91 Å². The number of carbonyl (C=O) groups excluding carboxylic acids is 1. The number of nitrogens with one attached hydrogen (secondary N) is 1. The van der Waals surface area contributed by atoms with Gasteiger partial charge in [-0.25, -0.2) is 4.99 Å². The van der Waals surface area contributed by atoms with Crippen LogP contribution < -0.4 is 10.1 Å². The zero-order valence-corrected chi connectivity index (χ0v) is 16.5. The first-order valence-electron chi connectivity index (χ1n) is 10.5. The molecule has 29 heavy (non-hydrogen) atoms. The smallest absolute Gasteiger partial charge is 0.220 e. The maximum Gasteiger partial charge on any atom is 0.220 e. The first-order valence-corrected chi connectivity index (χ1v) is 10.5. The van der Waals surface area contributed by atoms with Gasteiger partial charge in [-0.3, -0.25) is 9.69 Å². The standard InChI is InChI=1S/C23H26N4O2/c28-22-10-9-17(11-12-24-22)26-13-15-27(16-14-26)23-18-5-1-3-7-20(18)29-21-8-4-2-6-19(21)25-23/h1-8,17H,9-16H2,(H,24,28). The van der Waals surface area contributed by atoms with Crippen molar-refractivity contribution in [3.8, 4) is 11.5 Å². The van der Waals surface area contributed by atoms with E-state index in [0.717, 1.165) is 74.2 Å². The van der Waals surface area contributed by atoms with Crippen LogP contribution in [-0.2, 0) is 4.79 Å². The van der Waals surface area contributed by atoms with Crippen molar-refractivity contribution in [2.45, 2.75) is 25.3 Å². The van der Waals surface area contributed by atoms with Gasteiger partial charge in [-0.15, -0.1) is 0 Å². The second-order valence-electron chi connectivity index (χ2n) is 7.86. The SMILES string of the molecule is O=C1CCC(N2CCN(C3=Nc4ccccc4Oc4ccccc43)CC2)CCN1. The Morgan fingerprint density at radius 1 is 0.931 bits per heavy atom. The van der Waals surface area contributed by atoms with Crippen LogP contribution in [0, 0.1) is 0 Å². The van der Waals surface area contributed by atoms with Gasteiger partial charge in [0.25, 0.3) is 0 Å². The predicted octanol–water partition coefficient (Wildman–Crippen LogP) is 3.16. The number of hydrogen-bond donors (Lipinski definition) is 1. The van der Waals surface area contributed by atoms with Crippen molar-refractivity contribution < 1.29 is 9.53 Å². The van der Waals surface area contributed by atoms with Crippen molar-refractivity contribution in [3.05, 3.63) is 54.1 Å². The van der Waals surface area contributed by atoms with E-state index in [-0.39, 0.29) is 5.91 Å². The molecule has 3 aliphatic rings. The Bertz CT molecular complexity index is 934. The summed E-state index contributed by atoms with van der Waals surface area (Å²) in [6, 6.07) is 16.6. The molecule has 1 amide bonds. The van der Waals surface area contributed by atoms with Gasteiger partial charge in [0.05, 0.1) is 5.56 Å². The molecule has 2 fully saturated rings. The fourth-order valence-corrected chi connectivity index (χ4v) is 4.48. The lowest BCUT2D eigenvalue weighted by atomic mass is 10.1. The zero-order valence-electron chi connectivity index (χ0n) is 16.5. The van der Waals surface area contributed by atoms with Crippen LogP contribution in [0.15, 0.2) is 53.5 Å². The molecule has 0 bridgehead atoms. The van der Waals surface area contributed by atoms with E-state index >= 15 is 0 Å². The van der Waals surface area contributed by atoms with Crippen molar-refractivity contribution in [2.75, 3.05) is 32.7 Å². The minimum absolute atomic E-state index is 0.189. The molecule has 150 valence electrons. The zero-order chi connectivity index (χ0) is 19.6. The number of piperazine rings is 1. The van der Waals surface area contributed by atoms with Gasteiger partial charge in [-0.2, -0.15) is 0 Å². The molecule has 2 aromatic carbocycles. The first kappa shape index (κ1) is 18.2. The molecule has 0 aliphatic carbocycles. The molecule has 0 saturated carbocycles. The molecule has 0 spiro atoms. The topological polar surface area (TPSA) is 57.2 Å². The number of nitrogens with zero attached hydrogens (tertiary/aromatic N) is 3. The van der Waals surface area contributed by atoms with Gasteiger partial charge in [0.1, 0.15) is 17.3 Å². The van der Waals surface area contributed by atoms with Crippen LogP contribution in [-0.4, -0.2) is 60.3 Å². The molecule has 2 aromatic rings. The van der Waals surface area contributed by atoms with Crippen molar-refractivity contribution in [1.82, 2.24) is 15.1 Å². The number of amidine groups is 1. The molecule has 0 radical (unpaired) electrons. The monoisotopic (exact) mass is 390 g/mol. The Balaban J connectivity index is 1.37. The Morgan fingerprint density at radius 3 is 2.55 bits per heavy atom. The largest absolute Gasteiger partial charge is 0.454 e. The molecular weight excluding hydrogens is 364 g/mol. The Labute approximate surface area is 171 Å². The van der Waals surface area contributed by atoms with Gasteiger partial charge in [-0.05, 0) is 37.1 Å². The Morgan fingerprint density at radius 2 is 1.69 bits per heavy atom. The number of benzene rings is 2. The van der Waals surface area contributed by atoms with E-state index in [1.54, 1.807) is 0 Å². The van der Waals surface area contributed by atoms with Crippen LogP contribution in [0.3, 0.4) is 0 Å². The Kier molecular flexibility index (Phi) is 4.94. The third-order valence-electron chi connectivity index (χ3n) is 6.07. The minimum atomic E-state index is 0.189. The third-order valence-corrected chi connectivity index (χ3v) is 6.07. The fourth-order valence-electron chi connectivity index (χ4n) is 4.48. The molecule has 3 heterocycles.